The van der Waals surface area contributed by atoms with Crippen molar-refractivity contribution in [1.82, 2.24) is 9.55 Å². The van der Waals surface area contributed by atoms with Gasteiger partial charge in [0, 0.05) is 48.2 Å². The van der Waals surface area contributed by atoms with Gasteiger partial charge in [-0.15, -0.1) is 0 Å². The van der Waals surface area contributed by atoms with Crippen molar-refractivity contribution in [3.05, 3.63) is 88.0 Å². The van der Waals surface area contributed by atoms with Crippen molar-refractivity contribution in [3.8, 4) is 5.69 Å². The number of carbonyl (C=O) groups excluding carboxylic acids is 1. The maximum atomic E-state index is 14.8. The smallest absolute Gasteiger partial charge is 0.323 e. The number of rotatable bonds is 5. The van der Waals surface area contributed by atoms with Gasteiger partial charge in [0.1, 0.15) is 29.1 Å². The quantitative estimate of drug-likeness (QED) is 0.340. The fraction of sp³-hybridized carbons (Fsp3) is 0.125. The number of hydrogen-bond acceptors (Lipinski definition) is 4. The molecule has 0 atom stereocenters. The normalized spacial score (nSPS) is 10.9. The summed E-state index contributed by atoms with van der Waals surface area (Å²) < 4.78 is 57.0. The number of pyridine rings is 2. The molecular formula is C24H19F4N5O2. The van der Waals surface area contributed by atoms with E-state index in [1.165, 1.54) is 12.4 Å². The van der Waals surface area contributed by atoms with Crippen LogP contribution >= 0.6 is 0 Å². The van der Waals surface area contributed by atoms with Gasteiger partial charge in [-0.05, 0) is 36.1 Å². The van der Waals surface area contributed by atoms with E-state index in [0.29, 0.717) is 40.7 Å². The van der Waals surface area contributed by atoms with E-state index in [2.05, 4.69) is 20.9 Å². The van der Waals surface area contributed by atoms with E-state index in [0.717, 1.165) is 22.8 Å². The molecule has 0 radical (unpaired) electrons. The predicted octanol–water partition coefficient (Wildman–Crippen LogP) is 5.19. The van der Waals surface area contributed by atoms with Crippen LogP contribution in [0.4, 0.5) is 39.5 Å². The summed E-state index contributed by atoms with van der Waals surface area (Å²) >= 11 is 0. The molecule has 2 aromatic heterocycles. The Morgan fingerprint density at radius 3 is 2.34 bits per heavy atom. The highest BCUT2D eigenvalue weighted by Crippen LogP contribution is 2.25. The van der Waals surface area contributed by atoms with E-state index in [9.17, 15) is 27.2 Å². The second kappa shape index (κ2) is 9.45. The molecule has 0 bridgehead atoms. The minimum atomic E-state index is -1.11. The summed E-state index contributed by atoms with van der Waals surface area (Å²) in [6, 6.07) is 4.50. The van der Waals surface area contributed by atoms with Gasteiger partial charge >= 0.3 is 6.03 Å². The summed E-state index contributed by atoms with van der Waals surface area (Å²) in [6.45, 7) is 1.77. The summed E-state index contributed by atoms with van der Waals surface area (Å²) in [5, 5.41) is 8.40. The lowest BCUT2D eigenvalue weighted by Gasteiger charge is -2.15. The van der Waals surface area contributed by atoms with Crippen LogP contribution in [0.2, 0.25) is 0 Å². The molecule has 0 aliphatic rings. The van der Waals surface area contributed by atoms with E-state index in [4.69, 9.17) is 0 Å². The van der Waals surface area contributed by atoms with E-state index in [1.807, 2.05) is 0 Å². The number of benzene rings is 2. The van der Waals surface area contributed by atoms with Crippen molar-refractivity contribution >= 4 is 34.0 Å². The topological polar surface area (TPSA) is 88.1 Å². The molecule has 3 N–H and O–H groups in total. The van der Waals surface area contributed by atoms with Crippen LogP contribution in [0.3, 0.4) is 0 Å². The lowest BCUT2D eigenvalue weighted by Crippen LogP contribution is -2.24. The number of hydrogen-bond donors (Lipinski definition) is 3. The summed E-state index contributed by atoms with van der Waals surface area (Å²) in [7, 11) is 1.68. The Morgan fingerprint density at radius 1 is 0.971 bits per heavy atom. The minimum Gasteiger partial charge on any atom is -0.373 e. The fourth-order valence-corrected chi connectivity index (χ4v) is 3.67. The van der Waals surface area contributed by atoms with Crippen molar-refractivity contribution in [2.75, 3.05) is 23.0 Å². The molecule has 35 heavy (non-hydrogen) atoms. The molecule has 11 heteroatoms. The highest BCUT2D eigenvalue weighted by Gasteiger charge is 2.18. The van der Waals surface area contributed by atoms with Crippen LogP contribution in [0.1, 0.15) is 12.5 Å². The van der Waals surface area contributed by atoms with Crippen LogP contribution < -0.4 is 21.5 Å². The lowest BCUT2D eigenvalue weighted by molar-refractivity contribution is 0.262. The van der Waals surface area contributed by atoms with Crippen molar-refractivity contribution in [2.24, 2.45) is 0 Å². The highest BCUT2D eigenvalue weighted by molar-refractivity contribution is 6.00. The highest BCUT2D eigenvalue weighted by atomic mass is 19.1. The number of amides is 2. The SMILES string of the molecule is CCc1c(=O)n(-c2cc(NC(=O)Nc3cc(F)cc(F)c3)c(F)cc2F)cc2cnc(NC)cc12. The van der Waals surface area contributed by atoms with Crippen LogP contribution in [-0.4, -0.2) is 22.6 Å². The number of urea groups is 1. The average Bonchev–Trinajstić information content (AvgIpc) is 2.79. The van der Waals surface area contributed by atoms with E-state index >= 15 is 0 Å². The van der Waals surface area contributed by atoms with Crippen molar-refractivity contribution in [3.63, 3.8) is 0 Å². The number of nitrogens with zero attached hydrogens (tertiary/aromatic N) is 2. The number of anilines is 3. The monoisotopic (exact) mass is 485 g/mol. The molecule has 2 amide bonds. The zero-order valence-electron chi connectivity index (χ0n) is 18.5. The number of halogens is 4. The van der Waals surface area contributed by atoms with Gasteiger partial charge in [0.25, 0.3) is 5.56 Å². The number of aryl methyl sites for hydroxylation is 1. The van der Waals surface area contributed by atoms with E-state index in [-0.39, 0.29) is 11.4 Å². The fourth-order valence-electron chi connectivity index (χ4n) is 3.67. The lowest BCUT2D eigenvalue weighted by atomic mass is 10.1. The Balaban J connectivity index is 1.74. The Kier molecular flexibility index (Phi) is 6.41. The van der Waals surface area contributed by atoms with Crippen LogP contribution in [0, 0.1) is 23.3 Å². The van der Waals surface area contributed by atoms with Gasteiger partial charge in [-0.1, -0.05) is 6.92 Å². The molecule has 2 aromatic carbocycles. The second-order valence-electron chi connectivity index (χ2n) is 7.56. The first-order chi connectivity index (χ1) is 16.7. The number of carbonyl (C=O) groups is 1. The molecule has 0 aliphatic carbocycles. The molecule has 0 fully saturated rings. The third-order valence-electron chi connectivity index (χ3n) is 5.28. The minimum absolute atomic E-state index is 0.213. The third-order valence-corrected chi connectivity index (χ3v) is 5.28. The largest absolute Gasteiger partial charge is 0.373 e. The van der Waals surface area contributed by atoms with Crippen LogP contribution in [0.25, 0.3) is 16.5 Å². The first-order valence-electron chi connectivity index (χ1n) is 10.5. The number of fused-ring (bicyclic) bond motifs is 1. The van der Waals surface area contributed by atoms with E-state index in [1.54, 1.807) is 20.0 Å². The summed E-state index contributed by atoms with van der Waals surface area (Å²) in [5.74, 6) is -3.45. The Bertz CT molecular complexity index is 1500. The van der Waals surface area contributed by atoms with Crippen LogP contribution in [0.15, 0.2) is 53.6 Å². The number of nitrogens with one attached hydrogen (secondary N) is 3. The molecule has 0 spiro atoms. The zero-order valence-corrected chi connectivity index (χ0v) is 18.5. The molecule has 4 aromatic rings. The maximum Gasteiger partial charge on any atom is 0.323 e. The van der Waals surface area contributed by atoms with Gasteiger partial charge in [0.2, 0.25) is 0 Å². The predicted molar refractivity (Wildman–Crippen MR) is 125 cm³/mol. The molecule has 0 saturated heterocycles. The summed E-state index contributed by atoms with van der Waals surface area (Å²) in [6.07, 6.45) is 3.23. The van der Waals surface area contributed by atoms with Crippen molar-refractivity contribution in [1.29, 1.82) is 0 Å². The average molecular weight is 485 g/mol. The first-order valence-corrected chi connectivity index (χ1v) is 10.5. The molecule has 2 heterocycles. The van der Waals surface area contributed by atoms with Crippen LogP contribution in [-0.2, 0) is 6.42 Å². The molecule has 4 rings (SSSR count). The number of aromatic nitrogens is 2. The Labute approximate surface area is 196 Å². The molecular weight excluding hydrogens is 466 g/mol. The van der Waals surface area contributed by atoms with Gasteiger partial charge in [0.15, 0.2) is 0 Å². The molecule has 180 valence electrons. The van der Waals surface area contributed by atoms with Crippen LogP contribution in [0.5, 0.6) is 0 Å². The van der Waals surface area contributed by atoms with Crippen molar-refractivity contribution < 1.29 is 22.4 Å². The third kappa shape index (κ3) is 4.79. The molecule has 7 nitrogen and oxygen atoms in total. The standard InChI is InChI=1S/C24H19F4N5O2/c1-3-16-17-7-22(29-2)30-10-12(17)11-33(23(16)34)21-9-20(18(27)8-19(21)28)32-24(35)31-15-5-13(25)4-14(26)6-15/h4-11,29H,3H2,1-2H3,(H2,31,32,35). The van der Waals surface area contributed by atoms with Gasteiger partial charge in [-0.25, -0.2) is 27.3 Å². The van der Waals surface area contributed by atoms with Gasteiger partial charge < -0.3 is 16.0 Å². The van der Waals surface area contributed by atoms with Gasteiger partial charge in [-0.2, -0.15) is 0 Å². The Morgan fingerprint density at radius 2 is 1.69 bits per heavy atom. The second-order valence-corrected chi connectivity index (χ2v) is 7.56. The maximum absolute atomic E-state index is 14.8. The van der Waals surface area contributed by atoms with E-state index < -0.39 is 40.5 Å². The van der Waals surface area contributed by atoms with Gasteiger partial charge in [0.05, 0.1) is 11.4 Å². The molecule has 0 unspecified atom stereocenters. The summed E-state index contributed by atoms with van der Waals surface area (Å²) in [4.78, 5) is 29.7. The van der Waals surface area contributed by atoms with Crippen molar-refractivity contribution in [2.45, 2.75) is 13.3 Å². The zero-order chi connectivity index (χ0) is 25.3. The first kappa shape index (κ1) is 23.7. The summed E-state index contributed by atoms with van der Waals surface area (Å²) in [5.41, 5.74) is -1.10. The van der Waals surface area contributed by atoms with Gasteiger partial charge in [-0.3, -0.25) is 9.36 Å². The Hall–Kier alpha value is -4.41. The molecule has 0 aliphatic heterocycles. The molecule has 0 saturated carbocycles.